The standard InChI is InChI=1S/C13H16BrClO/c14-9-10-6-7-13(12(15)8-10)16-11-4-2-1-3-5-11/h6-8,11H,1-5,9H2. The highest BCUT2D eigenvalue weighted by atomic mass is 79.9. The monoisotopic (exact) mass is 302 g/mol. The van der Waals surface area contributed by atoms with E-state index in [-0.39, 0.29) is 0 Å². The molecule has 0 spiro atoms. The van der Waals surface area contributed by atoms with Gasteiger partial charge in [0.1, 0.15) is 5.75 Å². The Balaban J connectivity index is 2.03. The smallest absolute Gasteiger partial charge is 0.138 e. The maximum atomic E-state index is 6.18. The lowest BCUT2D eigenvalue weighted by Gasteiger charge is -2.23. The van der Waals surface area contributed by atoms with Crippen molar-refractivity contribution in [3.05, 3.63) is 28.8 Å². The Hall–Kier alpha value is -0.210. The maximum absolute atomic E-state index is 6.18. The quantitative estimate of drug-likeness (QED) is 0.718. The highest BCUT2D eigenvalue weighted by molar-refractivity contribution is 9.08. The van der Waals surface area contributed by atoms with Crippen LogP contribution in [0.1, 0.15) is 37.7 Å². The average molecular weight is 304 g/mol. The molecular weight excluding hydrogens is 287 g/mol. The number of ether oxygens (including phenoxy) is 1. The fourth-order valence-electron chi connectivity index (χ4n) is 2.09. The minimum Gasteiger partial charge on any atom is -0.489 e. The molecule has 0 amide bonds. The third-order valence-corrected chi connectivity index (χ3v) is 3.94. The van der Waals surface area contributed by atoms with Crippen molar-refractivity contribution in [1.29, 1.82) is 0 Å². The van der Waals surface area contributed by atoms with Crippen LogP contribution >= 0.6 is 27.5 Å². The van der Waals surface area contributed by atoms with Gasteiger partial charge in [0.05, 0.1) is 11.1 Å². The van der Waals surface area contributed by atoms with Crippen LogP contribution in [0.4, 0.5) is 0 Å². The molecule has 0 atom stereocenters. The molecule has 1 aliphatic carbocycles. The van der Waals surface area contributed by atoms with Gasteiger partial charge in [0, 0.05) is 5.33 Å². The lowest BCUT2D eigenvalue weighted by atomic mass is 9.98. The minimum absolute atomic E-state index is 0.362. The Morgan fingerprint density at radius 2 is 2.00 bits per heavy atom. The first-order valence-corrected chi connectivity index (χ1v) is 7.30. The van der Waals surface area contributed by atoms with E-state index >= 15 is 0 Å². The molecule has 0 unspecified atom stereocenters. The molecular formula is C13H16BrClO. The van der Waals surface area contributed by atoms with Crippen LogP contribution in [0.3, 0.4) is 0 Å². The first-order valence-electron chi connectivity index (χ1n) is 5.80. The summed E-state index contributed by atoms with van der Waals surface area (Å²) in [5.41, 5.74) is 1.18. The maximum Gasteiger partial charge on any atom is 0.138 e. The highest BCUT2D eigenvalue weighted by Crippen LogP contribution is 2.30. The second kappa shape index (κ2) is 5.92. The highest BCUT2D eigenvalue weighted by Gasteiger charge is 2.16. The van der Waals surface area contributed by atoms with E-state index in [0.29, 0.717) is 6.10 Å². The van der Waals surface area contributed by atoms with Crippen molar-refractivity contribution in [3.63, 3.8) is 0 Å². The van der Waals surface area contributed by atoms with Crippen molar-refractivity contribution in [1.82, 2.24) is 0 Å². The summed E-state index contributed by atoms with van der Waals surface area (Å²) >= 11 is 9.60. The van der Waals surface area contributed by atoms with Gasteiger partial charge < -0.3 is 4.74 Å². The molecule has 1 fully saturated rings. The molecule has 0 aliphatic heterocycles. The predicted molar refractivity (Wildman–Crippen MR) is 71.6 cm³/mol. The molecule has 1 saturated carbocycles. The molecule has 0 N–H and O–H groups in total. The van der Waals surface area contributed by atoms with Crippen molar-refractivity contribution >= 4 is 27.5 Å². The van der Waals surface area contributed by atoms with Gasteiger partial charge >= 0.3 is 0 Å². The van der Waals surface area contributed by atoms with E-state index < -0.39 is 0 Å². The van der Waals surface area contributed by atoms with Gasteiger partial charge in [-0.1, -0.05) is 40.0 Å². The normalized spacial score (nSPS) is 17.4. The molecule has 0 bridgehead atoms. The fourth-order valence-corrected chi connectivity index (χ4v) is 2.68. The number of hydrogen-bond donors (Lipinski definition) is 0. The summed E-state index contributed by atoms with van der Waals surface area (Å²) in [5.74, 6) is 0.832. The predicted octanol–water partition coefficient (Wildman–Crippen LogP) is 4.95. The van der Waals surface area contributed by atoms with Crippen molar-refractivity contribution in [2.45, 2.75) is 43.5 Å². The van der Waals surface area contributed by atoms with Gasteiger partial charge in [-0.15, -0.1) is 0 Å². The van der Waals surface area contributed by atoms with E-state index in [2.05, 4.69) is 22.0 Å². The zero-order valence-electron chi connectivity index (χ0n) is 9.22. The van der Waals surface area contributed by atoms with Gasteiger partial charge in [-0.25, -0.2) is 0 Å². The Labute approximate surface area is 110 Å². The van der Waals surface area contributed by atoms with Gasteiger partial charge in [0.2, 0.25) is 0 Å². The molecule has 1 aliphatic rings. The molecule has 88 valence electrons. The number of rotatable bonds is 3. The number of alkyl halides is 1. The van der Waals surface area contributed by atoms with E-state index in [9.17, 15) is 0 Å². The van der Waals surface area contributed by atoms with Crippen LogP contribution in [0, 0.1) is 0 Å². The Kier molecular flexibility index (Phi) is 4.54. The first kappa shape index (κ1) is 12.3. The van der Waals surface area contributed by atoms with Crippen molar-refractivity contribution in [2.75, 3.05) is 0 Å². The Bertz CT molecular complexity index is 348. The second-order valence-electron chi connectivity index (χ2n) is 4.28. The molecule has 1 nitrogen and oxygen atoms in total. The van der Waals surface area contributed by atoms with Crippen molar-refractivity contribution in [3.8, 4) is 5.75 Å². The topological polar surface area (TPSA) is 9.23 Å². The molecule has 1 aromatic carbocycles. The Morgan fingerprint density at radius 1 is 1.25 bits per heavy atom. The fraction of sp³-hybridized carbons (Fsp3) is 0.538. The lowest BCUT2D eigenvalue weighted by molar-refractivity contribution is 0.155. The number of halogens is 2. The van der Waals surface area contributed by atoms with Crippen LogP contribution in [0.5, 0.6) is 5.75 Å². The van der Waals surface area contributed by atoms with Crippen LogP contribution < -0.4 is 4.74 Å². The van der Waals surface area contributed by atoms with Crippen molar-refractivity contribution in [2.24, 2.45) is 0 Å². The molecule has 16 heavy (non-hydrogen) atoms. The molecule has 0 heterocycles. The summed E-state index contributed by atoms with van der Waals surface area (Å²) < 4.78 is 5.94. The summed E-state index contributed by atoms with van der Waals surface area (Å²) in [6, 6.07) is 6.00. The number of benzene rings is 1. The minimum atomic E-state index is 0.362. The van der Waals surface area contributed by atoms with E-state index in [1.165, 1.54) is 24.8 Å². The first-order chi connectivity index (χ1) is 7.79. The van der Waals surface area contributed by atoms with E-state index in [1.54, 1.807) is 0 Å². The molecule has 0 radical (unpaired) electrons. The summed E-state index contributed by atoms with van der Waals surface area (Å²) in [7, 11) is 0. The second-order valence-corrected chi connectivity index (χ2v) is 5.24. The summed E-state index contributed by atoms with van der Waals surface area (Å²) in [6.07, 6.45) is 6.59. The van der Waals surface area contributed by atoms with E-state index in [1.807, 2.05) is 12.1 Å². The van der Waals surface area contributed by atoms with Crippen LogP contribution in [-0.4, -0.2) is 6.10 Å². The molecule has 0 aromatic heterocycles. The Morgan fingerprint density at radius 3 is 2.62 bits per heavy atom. The van der Waals surface area contributed by atoms with Crippen LogP contribution in [0.2, 0.25) is 5.02 Å². The summed E-state index contributed by atoms with van der Waals surface area (Å²) in [4.78, 5) is 0. The zero-order chi connectivity index (χ0) is 11.4. The van der Waals surface area contributed by atoms with E-state index in [4.69, 9.17) is 16.3 Å². The van der Waals surface area contributed by atoms with Gasteiger partial charge in [0.15, 0.2) is 0 Å². The summed E-state index contributed by atoms with van der Waals surface area (Å²) in [6.45, 7) is 0. The number of hydrogen-bond acceptors (Lipinski definition) is 1. The van der Waals surface area contributed by atoms with Gasteiger partial charge in [-0.05, 0) is 43.4 Å². The van der Waals surface area contributed by atoms with E-state index in [0.717, 1.165) is 28.9 Å². The third-order valence-electron chi connectivity index (χ3n) is 3.00. The van der Waals surface area contributed by atoms with Gasteiger partial charge in [0.25, 0.3) is 0 Å². The molecule has 2 rings (SSSR count). The SMILES string of the molecule is Clc1cc(CBr)ccc1OC1CCCCC1. The van der Waals surface area contributed by atoms with Gasteiger partial charge in [-0.3, -0.25) is 0 Å². The van der Waals surface area contributed by atoms with Crippen LogP contribution in [0.15, 0.2) is 18.2 Å². The van der Waals surface area contributed by atoms with Gasteiger partial charge in [-0.2, -0.15) is 0 Å². The largest absolute Gasteiger partial charge is 0.489 e. The summed E-state index contributed by atoms with van der Waals surface area (Å²) in [5, 5.41) is 1.55. The molecule has 0 saturated heterocycles. The zero-order valence-corrected chi connectivity index (χ0v) is 11.6. The third kappa shape index (κ3) is 3.14. The van der Waals surface area contributed by atoms with Crippen molar-refractivity contribution < 1.29 is 4.74 Å². The lowest BCUT2D eigenvalue weighted by Crippen LogP contribution is -2.19. The van der Waals surface area contributed by atoms with Crippen LogP contribution in [-0.2, 0) is 5.33 Å². The molecule has 1 aromatic rings. The molecule has 3 heteroatoms. The van der Waals surface area contributed by atoms with Crippen LogP contribution in [0.25, 0.3) is 0 Å². The average Bonchev–Trinajstić information content (AvgIpc) is 2.33.